The van der Waals surface area contributed by atoms with Crippen LogP contribution in [0.2, 0.25) is 0 Å². The monoisotopic (exact) mass is 348 g/mol. The molecule has 0 atom stereocenters. The van der Waals surface area contributed by atoms with Gasteiger partial charge in [0.1, 0.15) is 0 Å². The Morgan fingerprint density at radius 2 is 1.62 bits per heavy atom. The number of rotatable bonds is 2. The zero-order chi connectivity index (χ0) is 18.1. The number of nitrogens with one attached hydrogen (secondary N) is 1. The van der Waals surface area contributed by atoms with Crippen molar-refractivity contribution >= 4 is 5.91 Å². The van der Waals surface area contributed by atoms with Gasteiger partial charge >= 0.3 is 0 Å². The number of piperidine rings is 1. The summed E-state index contributed by atoms with van der Waals surface area (Å²) in [7, 11) is 0. The van der Waals surface area contributed by atoms with Gasteiger partial charge < -0.3 is 5.32 Å². The van der Waals surface area contributed by atoms with Gasteiger partial charge in [0.2, 0.25) is 5.91 Å². The highest BCUT2D eigenvalue weighted by molar-refractivity contribution is 5.83. The molecule has 1 amide bonds. The summed E-state index contributed by atoms with van der Waals surface area (Å²) in [4.78, 5) is 15.4. The van der Waals surface area contributed by atoms with Crippen LogP contribution < -0.4 is 5.32 Å². The number of fused-ring (bicyclic) bond motifs is 1. The van der Waals surface area contributed by atoms with Crippen LogP contribution in [0.4, 0.5) is 0 Å². The van der Waals surface area contributed by atoms with Crippen LogP contribution in [-0.4, -0.2) is 23.9 Å². The molecule has 1 spiro atoms. The van der Waals surface area contributed by atoms with E-state index in [-0.39, 0.29) is 11.3 Å². The van der Waals surface area contributed by atoms with Crippen molar-refractivity contribution < 1.29 is 4.79 Å². The van der Waals surface area contributed by atoms with Gasteiger partial charge in [-0.15, -0.1) is 0 Å². The van der Waals surface area contributed by atoms with E-state index in [4.69, 9.17) is 0 Å². The molecule has 2 aromatic rings. The summed E-state index contributed by atoms with van der Waals surface area (Å²) in [5.74, 6) is 0.250. The number of benzene rings is 2. The highest BCUT2D eigenvalue weighted by Crippen LogP contribution is 2.38. The molecule has 2 aliphatic rings. The number of likely N-dealkylation sites (tertiary alicyclic amines) is 1. The zero-order valence-electron chi connectivity index (χ0n) is 15.8. The summed E-state index contributed by atoms with van der Waals surface area (Å²) in [6.45, 7) is 8.04. The summed E-state index contributed by atoms with van der Waals surface area (Å²) in [5.41, 5.74) is 6.56. The van der Waals surface area contributed by atoms with Crippen LogP contribution in [0.25, 0.3) is 0 Å². The lowest BCUT2D eigenvalue weighted by Crippen LogP contribution is -2.48. The van der Waals surface area contributed by atoms with E-state index in [1.54, 1.807) is 0 Å². The lowest BCUT2D eigenvalue weighted by atomic mass is 9.73. The Morgan fingerprint density at radius 3 is 2.31 bits per heavy atom. The van der Waals surface area contributed by atoms with Crippen molar-refractivity contribution in [1.29, 1.82) is 0 Å². The summed E-state index contributed by atoms with van der Waals surface area (Å²) in [5, 5.41) is 3.19. The average Bonchev–Trinajstić information content (AvgIpc) is 2.78. The van der Waals surface area contributed by atoms with Crippen molar-refractivity contribution in [2.45, 2.75) is 46.2 Å². The molecule has 1 saturated heterocycles. The van der Waals surface area contributed by atoms with Crippen LogP contribution >= 0.6 is 0 Å². The van der Waals surface area contributed by atoms with E-state index in [2.05, 4.69) is 66.5 Å². The van der Waals surface area contributed by atoms with Crippen molar-refractivity contribution in [1.82, 2.24) is 10.2 Å². The van der Waals surface area contributed by atoms with Gasteiger partial charge in [-0.2, -0.15) is 0 Å². The molecule has 3 heteroatoms. The molecule has 0 aromatic heterocycles. The van der Waals surface area contributed by atoms with Gasteiger partial charge in [-0.1, -0.05) is 42.5 Å². The Hall–Kier alpha value is -2.13. The SMILES string of the molecule is Cc1cccc(C)c1CN1CCC2(CC1)Cc1ccccc1CNC2=O. The molecule has 1 N–H and O–H groups in total. The standard InChI is InChI=1S/C23H28N2O/c1-17-6-5-7-18(2)21(17)16-25-12-10-23(11-13-25)14-19-8-3-4-9-20(19)15-24-22(23)26/h3-9H,10-16H2,1-2H3,(H,24,26). The van der Waals surface area contributed by atoms with Gasteiger partial charge in [0.05, 0.1) is 5.41 Å². The van der Waals surface area contributed by atoms with E-state index in [9.17, 15) is 4.79 Å². The topological polar surface area (TPSA) is 32.3 Å². The molecule has 0 bridgehead atoms. The zero-order valence-corrected chi connectivity index (χ0v) is 15.8. The Morgan fingerprint density at radius 1 is 0.962 bits per heavy atom. The van der Waals surface area contributed by atoms with E-state index >= 15 is 0 Å². The smallest absolute Gasteiger partial charge is 0.226 e. The van der Waals surface area contributed by atoms with Crippen LogP contribution in [0.1, 0.15) is 40.7 Å². The van der Waals surface area contributed by atoms with Crippen LogP contribution in [0, 0.1) is 19.3 Å². The van der Waals surface area contributed by atoms with Gasteiger partial charge in [-0.3, -0.25) is 9.69 Å². The highest BCUT2D eigenvalue weighted by atomic mass is 16.2. The third-order valence-electron chi connectivity index (χ3n) is 6.41. The summed E-state index contributed by atoms with van der Waals surface area (Å²) < 4.78 is 0. The Kier molecular flexibility index (Phi) is 4.58. The van der Waals surface area contributed by atoms with Gasteiger partial charge in [0, 0.05) is 13.1 Å². The second kappa shape index (κ2) is 6.88. The van der Waals surface area contributed by atoms with Crippen LogP contribution in [0.3, 0.4) is 0 Å². The molecular formula is C23H28N2O. The molecular weight excluding hydrogens is 320 g/mol. The average molecular weight is 348 g/mol. The second-order valence-electron chi connectivity index (χ2n) is 8.06. The van der Waals surface area contributed by atoms with Gasteiger partial charge in [-0.25, -0.2) is 0 Å². The van der Waals surface area contributed by atoms with E-state index in [1.165, 1.54) is 27.8 Å². The number of hydrogen-bond acceptors (Lipinski definition) is 2. The quantitative estimate of drug-likeness (QED) is 0.896. The minimum Gasteiger partial charge on any atom is -0.352 e. The number of hydrogen-bond donors (Lipinski definition) is 1. The normalized spacial score (nSPS) is 19.7. The van der Waals surface area contributed by atoms with Gasteiger partial charge in [0.25, 0.3) is 0 Å². The molecule has 0 radical (unpaired) electrons. The molecule has 2 aromatic carbocycles. The van der Waals surface area contributed by atoms with Crippen molar-refractivity contribution in [2.24, 2.45) is 5.41 Å². The summed E-state index contributed by atoms with van der Waals surface area (Å²) in [6, 6.07) is 15.0. The Bertz CT molecular complexity index is 798. The fourth-order valence-corrected chi connectivity index (χ4v) is 4.58. The fourth-order valence-electron chi connectivity index (χ4n) is 4.58. The highest BCUT2D eigenvalue weighted by Gasteiger charge is 2.42. The molecule has 3 nitrogen and oxygen atoms in total. The van der Waals surface area contributed by atoms with Crippen molar-refractivity contribution in [3.8, 4) is 0 Å². The van der Waals surface area contributed by atoms with Gasteiger partial charge in [-0.05, 0) is 74.0 Å². The number of nitrogens with zero attached hydrogens (tertiary/aromatic N) is 1. The molecule has 2 heterocycles. The maximum absolute atomic E-state index is 12.9. The fraction of sp³-hybridized carbons (Fsp3) is 0.435. The predicted molar refractivity (Wildman–Crippen MR) is 105 cm³/mol. The summed E-state index contributed by atoms with van der Waals surface area (Å²) in [6.07, 6.45) is 2.77. The molecule has 1 fully saturated rings. The lowest BCUT2D eigenvalue weighted by Gasteiger charge is -2.40. The first-order chi connectivity index (χ1) is 12.6. The molecule has 26 heavy (non-hydrogen) atoms. The Balaban J connectivity index is 1.49. The molecule has 0 unspecified atom stereocenters. The first-order valence-electron chi connectivity index (χ1n) is 9.70. The third kappa shape index (κ3) is 3.16. The first-order valence-corrected chi connectivity index (χ1v) is 9.70. The van der Waals surface area contributed by atoms with Crippen LogP contribution in [0.15, 0.2) is 42.5 Å². The van der Waals surface area contributed by atoms with Crippen LogP contribution in [0.5, 0.6) is 0 Å². The van der Waals surface area contributed by atoms with E-state index < -0.39 is 0 Å². The molecule has 136 valence electrons. The lowest BCUT2D eigenvalue weighted by molar-refractivity contribution is -0.133. The molecule has 4 rings (SSSR count). The number of amides is 1. The molecule has 0 saturated carbocycles. The van der Waals surface area contributed by atoms with Crippen molar-refractivity contribution in [3.05, 3.63) is 70.3 Å². The van der Waals surface area contributed by atoms with Crippen molar-refractivity contribution in [3.63, 3.8) is 0 Å². The number of carbonyl (C=O) groups excluding carboxylic acids is 1. The van der Waals surface area contributed by atoms with Gasteiger partial charge in [0.15, 0.2) is 0 Å². The molecule has 0 aliphatic carbocycles. The largest absolute Gasteiger partial charge is 0.352 e. The first kappa shape index (κ1) is 17.3. The van der Waals surface area contributed by atoms with E-state index in [1.807, 2.05) is 0 Å². The Labute approximate surface area is 156 Å². The van der Waals surface area contributed by atoms with E-state index in [0.717, 1.165) is 38.9 Å². The van der Waals surface area contributed by atoms with Crippen LogP contribution in [-0.2, 0) is 24.3 Å². The predicted octanol–water partition coefficient (Wildman–Crippen LogP) is 3.76. The third-order valence-corrected chi connectivity index (χ3v) is 6.41. The summed E-state index contributed by atoms with van der Waals surface area (Å²) >= 11 is 0. The van der Waals surface area contributed by atoms with Crippen molar-refractivity contribution in [2.75, 3.05) is 13.1 Å². The maximum Gasteiger partial charge on any atom is 0.226 e. The molecule has 2 aliphatic heterocycles. The number of carbonyl (C=O) groups is 1. The number of aryl methyl sites for hydroxylation is 2. The minimum atomic E-state index is -0.232. The second-order valence-corrected chi connectivity index (χ2v) is 8.06. The van der Waals surface area contributed by atoms with E-state index in [0.29, 0.717) is 6.54 Å². The maximum atomic E-state index is 12.9. The minimum absolute atomic E-state index is 0.232.